The van der Waals surface area contributed by atoms with Crippen LogP contribution in [0.2, 0.25) is 0 Å². The van der Waals surface area contributed by atoms with E-state index in [0.717, 1.165) is 12.1 Å². The van der Waals surface area contributed by atoms with Crippen LogP contribution >= 0.6 is 0 Å². The van der Waals surface area contributed by atoms with Gasteiger partial charge in [-0.1, -0.05) is 0 Å². The Bertz CT molecular complexity index is 530. The molecule has 1 atom stereocenters. The Balaban J connectivity index is 2.87. The van der Waals surface area contributed by atoms with Crippen LogP contribution in [0, 0.1) is 11.6 Å². The van der Waals surface area contributed by atoms with Crippen molar-refractivity contribution in [1.29, 1.82) is 0 Å². The number of aliphatic carboxylic acids is 1. The number of benzene rings is 1. The molecule has 0 saturated carbocycles. The van der Waals surface area contributed by atoms with Gasteiger partial charge in [0.2, 0.25) is 0 Å². The molecule has 0 saturated heterocycles. The number of ketones is 1. The second kappa shape index (κ2) is 6.03. The van der Waals surface area contributed by atoms with Gasteiger partial charge in [0.15, 0.2) is 0 Å². The third-order valence-corrected chi connectivity index (χ3v) is 2.27. The van der Waals surface area contributed by atoms with Crippen LogP contribution in [-0.4, -0.2) is 28.8 Å². The first-order valence-electron chi connectivity index (χ1n) is 5.29. The van der Waals surface area contributed by atoms with E-state index in [-0.39, 0.29) is 0 Å². The lowest BCUT2D eigenvalue weighted by Gasteiger charge is -2.13. The highest BCUT2D eigenvalue weighted by Gasteiger charge is 2.23. The summed E-state index contributed by atoms with van der Waals surface area (Å²) in [5.41, 5.74) is -0.490. The van der Waals surface area contributed by atoms with Crippen molar-refractivity contribution in [3.05, 3.63) is 35.4 Å². The summed E-state index contributed by atoms with van der Waals surface area (Å²) in [4.78, 5) is 33.3. The lowest BCUT2D eigenvalue weighted by molar-refractivity contribution is -0.140. The number of carboxylic acids is 1. The molecule has 1 rings (SSSR count). The highest BCUT2D eigenvalue weighted by atomic mass is 19.1. The van der Waals surface area contributed by atoms with Gasteiger partial charge in [-0.3, -0.25) is 9.59 Å². The van der Waals surface area contributed by atoms with Gasteiger partial charge in [0, 0.05) is 12.5 Å². The second-order valence-electron chi connectivity index (χ2n) is 3.89. The number of Topliss-reactive ketones (excluding diaryl/α,β-unsaturated/α-hetero) is 1. The lowest BCUT2D eigenvalue weighted by Crippen LogP contribution is -2.42. The van der Waals surface area contributed by atoms with Crippen molar-refractivity contribution in [2.24, 2.45) is 0 Å². The largest absolute Gasteiger partial charge is 0.480 e. The van der Waals surface area contributed by atoms with Crippen molar-refractivity contribution < 1.29 is 28.3 Å². The molecule has 1 aromatic carbocycles. The molecule has 7 heteroatoms. The summed E-state index contributed by atoms with van der Waals surface area (Å²) in [5, 5.41) is 10.8. The maximum Gasteiger partial charge on any atom is 0.326 e. The number of hydrogen-bond donors (Lipinski definition) is 2. The first-order chi connectivity index (χ1) is 8.81. The summed E-state index contributed by atoms with van der Waals surface area (Å²) in [6.07, 6.45) is -0.413. The normalized spacial score (nSPS) is 11.7. The average Bonchev–Trinajstić information content (AvgIpc) is 2.26. The molecule has 19 heavy (non-hydrogen) atoms. The number of amides is 1. The molecule has 0 aliphatic heterocycles. The highest BCUT2D eigenvalue weighted by molar-refractivity contribution is 5.97. The number of carbonyl (C=O) groups excluding carboxylic acids is 2. The number of rotatable bonds is 5. The van der Waals surface area contributed by atoms with Crippen LogP contribution in [0.3, 0.4) is 0 Å². The Morgan fingerprint density at radius 1 is 1.32 bits per heavy atom. The quantitative estimate of drug-likeness (QED) is 0.840. The fraction of sp³-hybridized carbons (Fsp3) is 0.250. The van der Waals surface area contributed by atoms with E-state index in [2.05, 4.69) is 0 Å². The molecule has 1 amide bonds. The summed E-state index contributed by atoms with van der Waals surface area (Å²) in [6, 6.07) is 0.829. The SMILES string of the molecule is CC(=O)CC(NC(=O)c1ccc(F)cc1F)C(=O)O. The zero-order chi connectivity index (χ0) is 14.6. The van der Waals surface area contributed by atoms with Crippen LogP contribution in [0.4, 0.5) is 8.78 Å². The van der Waals surface area contributed by atoms with Crippen molar-refractivity contribution in [1.82, 2.24) is 5.32 Å². The predicted molar refractivity (Wildman–Crippen MR) is 60.5 cm³/mol. The standard InChI is InChI=1S/C12H11F2NO4/c1-6(16)4-10(12(18)19)15-11(17)8-3-2-7(13)5-9(8)14/h2-3,5,10H,4H2,1H3,(H,15,17)(H,18,19). The minimum Gasteiger partial charge on any atom is -0.480 e. The van der Waals surface area contributed by atoms with Crippen molar-refractivity contribution in [3.63, 3.8) is 0 Å². The van der Waals surface area contributed by atoms with Crippen LogP contribution in [0.5, 0.6) is 0 Å². The topological polar surface area (TPSA) is 83.5 Å². The van der Waals surface area contributed by atoms with Gasteiger partial charge in [-0.2, -0.15) is 0 Å². The molecule has 0 fully saturated rings. The minimum absolute atomic E-state index is 0.413. The number of carbonyl (C=O) groups is 3. The molecule has 102 valence electrons. The van der Waals surface area contributed by atoms with Gasteiger partial charge in [0.25, 0.3) is 5.91 Å². The summed E-state index contributed by atoms with van der Waals surface area (Å²) >= 11 is 0. The van der Waals surface area contributed by atoms with E-state index in [9.17, 15) is 23.2 Å². The van der Waals surface area contributed by atoms with E-state index in [1.807, 2.05) is 5.32 Å². The fourth-order valence-corrected chi connectivity index (χ4v) is 1.40. The molecule has 0 heterocycles. The number of carboxylic acid groups (broad SMARTS) is 1. The van der Waals surface area contributed by atoms with E-state index in [0.29, 0.717) is 6.07 Å². The van der Waals surface area contributed by atoms with Gasteiger partial charge >= 0.3 is 5.97 Å². The third kappa shape index (κ3) is 4.13. The molecule has 0 aromatic heterocycles. The van der Waals surface area contributed by atoms with Crippen LogP contribution in [0.1, 0.15) is 23.7 Å². The molecule has 0 radical (unpaired) electrons. The first kappa shape index (κ1) is 14.7. The average molecular weight is 271 g/mol. The molecule has 2 N–H and O–H groups in total. The first-order valence-corrected chi connectivity index (χ1v) is 5.29. The monoisotopic (exact) mass is 271 g/mol. The van der Waals surface area contributed by atoms with Gasteiger partial charge in [0.1, 0.15) is 23.5 Å². The van der Waals surface area contributed by atoms with Gasteiger partial charge in [0.05, 0.1) is 5.56 Å². The van der Waals surface area contributed by atoms with E-state index in [1.54, 1.807) is 0 Å². The Morgan fingerprint density at radius 3 is 2.42 bits per heavy atom. The van der Waals surface area contributed by atoms with Gasteiger partial charge in [-0.25, -0.2) is 13.6 Å². The van der Waals surface area contributed by atoms with E-state index >= 15 is 0 Å². The molecule has 0 aliphatic carbocycles. The van der Waals surface area contributed by atoms with E-state index in [4.69, 9.17) is 5.11 Å². The molecule has 5 nitrogen and oxygen atoms in total. The summed E-state index contributed by atoms with van der Waals surface area (Å²) < 4.78 is 26.0. The van der Waals surface area contributed by atoms with Crippen molar-refractivity contribution in [3.8, 4) is 0 Å². The van der Waals surface area contributed by atoms with Crippen LogP contribution < -0.4 is 5.32 Å². The fourth-order valence-electron chi connectivity index (χ4n) is 1.40. The zero-order valence-corrected chi connectivity index (χ0v) is 9.94. The number of hydrogen-bond acceptors (Lipinski definition) is 3. The van der Waals surface area contributed by atoms with E-state index < -0.39 is 47.3 Å². The van der Waals surface area contributed by atoms with Crippen LogP contribution in [0.15, 0.2) is 18.2 Å². The third-order valence-electron chi connectivity index (χ3n) is 2.27. The number of halogens is 2. The Labute approximate surface area is 107 Å². The molecular formula is C12H11F2NO4. The van der Waals surface area contributed by atoms with Gasteiger partial charge in [-0.15, -0.1) is 0 Å². The molecule has 1 aromatic rings. The summed E-state index contributed by atoms with van der Waals surface area (Å²) in [5.74, 6) is -4.83. The molecule has 0 aliphatic rings. The molecule has 0 bridgehead atoms. The molecule has 0 spiro atoms. The van der Waals surface area contributed by atoms with Gasteiger partial charge in [-0.05, 0) is 19.1 Å². The Kier molecular flexibility index (Phi) is 4.68. The van der Waals surface area contributed by atoms with E-state index in [1.165, 1.54) is 6.92 Å². The number of nitrogens with one attached hydrogen (secondary N) is 1. The van der Waals surface area contributed by atoms with Crippen LogP contribution in [0.25, 0.3) is 0 Å². The zero-order valence-electron chi connectivity index (χ0n) is 9.94. The van der Waals surface area contributed by atoms with Crippen LogP contribution in [-0.2, 0) is 9.59 Å². The predicted octanol–water partition coefficient (Wildman–Crippen LogP) is 1.13. The summed E-state index contributed by atoms with van der Waals surface area (Å²) in [6.45, 7) is 1.17. The molecule has 1 unspecified atom stereocenters. The van der Waals surface area contributed by atoms with Crippen molar-refractivity contribution in [2.75, 3.05) is 0 Å². The summed E-state index contributed by atoms with van der Waals surface area (Å²) in [7, 11) is 0. The minimum atomic E-state index is -1.45. The van der Waals surface area contributed by atoms with Crippen molar-refractivity contribution >= 4 is 17.7 Å². The lowest BCUT2D eigenvalue weighted by atomic mass is 10.1. The maximum absolute atomic E-state index is 13.3. The maximum atomic E-state index is 13.3. The highest BCUT2D eigenvalue weighted by Crippen LogP contribution is 2.10. The second-order valence-corrected chi connectivity index (χ2v) is 3.89. The smallest absolute Gasteiger partial charge is 0.326 e. The van der Waals surface area contributed by atoms with Crippen molar-refractivity contribution in [2.45, 2.75) is 19.4 Å². The molecular weight excluding hydrogens is 260 g/mol. The Hall–Kier alpha value is -2.31. The Morgan fingerprint density at radius 2 is 1.95 bits per heavy atom. The van der Waals surface area contributed by atoms with Gasteiger partial charge < -0.3 is 10.4 Å².